The molecule has 4 nitrogen and oxygen atoms in total. The number of halogens is 3. The molecule has 0 spiro atoms. The van der Waals surface area contributed by atoms with E-state index in [4.69, 9.17) is 39.5 Å². The average Bonchev–Trinajstić information content (AvgIpc) is 2.62. The Balaban J connectivity index is 2.29. The minimum Gasteiger partial charge on any atom is -0.460 e. The van der Waals surface area contributed by atoms with Crippen LogP contribution in [-0.2, 0) is 14.3 Å². The van der Waals surface area contributed by atoms with Crippen molar-refractivity contribution < 1.29 is 14.3 Å². The summed E-state index contributed by atoms with van der Waals surface area (Å²) in [4.78, 5) is 23.1. The van der Waals surface area contributed by atoms with Gasteiger partial charge in [-0.15, -0.1) is 0 Å². The maximum Gasteiger partial charge on any atom is 0.325 e. The number of hydrogen-bond acceptors (Lipinski definition) is 3. The summed E-state index contributed by atoms with van der Waals surface area (Å²) < 4.78 is 3.05. The smallest absolute Gasteiger partial charge is 0.325 e. The van der Waals surface area contributed by atoms with Crippen molar-refractivity contribution in [2.75, 3.05) is 13.2 Å². The number of carbonyl (C=O) groups is 2. The topological polar surface area (TPSA) is 55.4 Å². The highest BCUT2D eigenvalue weighted by molar-refractivity contribution is 6.67. The normalized spacial score (nSPS) is 13.1. The first kappa shape index (κ1) is 24.5. The number of allylic oxidation sites excluding steroid dienone is 2. The molecule has 0 radical (unpaired) electrons. The number of esters is 1. The average molecular weight is 447 g/mol. The van der Waals surface area contributed by atoms with E-state index in [-0.39, 0.29) is 19.1 Å². The molecule has 0 aromatic heterocycles. The molecule has 0 fully saturated rings. The van der Waals surface area contributed by atoms with E-state index in [0.29, 0.717) is 5.92 Å². The molecule has 1 aromatic rings. The summed E-state index contributed by atoms with van der Waals surface area (Å²) in [7, 11) is 0. The summed E-state index contributed by atoms with van der Waals surface area (Å²) in [6.07, 6.45) is 9.18. The zero-order valence-corrected chi connectivity index (χ0v) is 18.6. The second kappa shape index (κ2) is 12.2. The van der Waals surface area contributed by atoms with E-state index in [9.17, 15) is 9.59 Å². The number of hydrogen-bond donors (Lipinski definition) is 1. The van der Waals surface area contributed by atoms with Crippen LogP contribution in [0.3, 0.4) is 0 Å². The van der Waals surface area contributed by atoms with Crippen LogP contribution in [0.15, 0.2) is 36.4 Å². The number of nitrogens with one attached hydrogen (secondary N) is 1. The van der Waals surface area contributed by atoms with Crippen molar-refractivity contribution in [1.82, 2.24) is 5.32 Å². The van der Waals surface area contributed by atoms with Gasteiger partial charge in [-0.1, -0.05) is 83.7 Å². The predicted octanol–water partition coefficient (Wildman–Crippen LogP) is 5.32. The first-order valence-electron chi connectivity index (χ1n) is 8.99. The van der Waals surface area contributed by atoms with Gasteiger partial charge in [0, 0.05) is 0 Å². The molecule has 1 aromatic carbocycles. The Morgan fingerprint density at radius 2 is 1.96 bits per heavy atom. The molecule has 1 amide bonds. The van der Waals surface area contributed by atoms with Crippen molar-refractivity contribution in [1.29, 1.82) is 0 Å². The third-order valence-corrected chi connectivity index (χ3v) is 4.23. The summed E-state index contributed by atoms with van der Waals surface area (Å²) in [6.45, 7) is 5.67. The number of benzene rings is 1. The molecular weight excluding hydrogens is 421 g/mol. The monoisotopic (exact) mass is 445 g/mol. The zero-order valence-electron chi connectivity index (χ0n) is 16.3. The van der Waals surface area contributed by atoms with Crippen LogP contribution in [0.1, 0.15) is 36.5 Å². The molecule has 0 saturated carbocycles. The molecule has 0 aliphatic heterocycles. The molecule has 1 N–H and O–H groups in total. The van der Waals surface area contributed by atoms with Crippen molar-refractivity contribution in [2.45, 2.75) is 37.4 Å². The second-order valence-corrected chi connectivity index (χ2v) is 9.19. The van der Waals surface area contributed by atoms with Crippen LogP contribution in [0, 0.1) is 19.8 Å². The van der Waals surface area contributed by atoms with Gasteiger partial charge >= 0.3 is 5.97 Å². The van der Waals surface area contributed by atoms with Crippen LogP contribution >= 0.6 is 34.8 Å². The van der Waals surface area contributed by atoms with E-state index < -0.39 is 9.76 Å². The van der Waals surface area contributed by atoms with Gasteiger partial charge in [0.05, 0.1) is 0 Å². The van der Waals surface area contributed by atoms with Crippen molar-refractivity contribution in [3.63, 3.8) is 0 Å². The Labute approximate surface area is 181 Å². The summed E-state index contributed by atoms with van der Waals surface area (Å²) in [5.74, 6) is -0.660. The number of alkyl halides is 3. The lowest BCUT2D eigenvalue weighted by Crippen LogP contribution is -2.30. The molecule has 0 aliphatic rings. The number of carbonyl (C=O) groups excluding carboxylic acids is 2. The lowest BCUT2D eigenvalue weighted by molar-refractivity contribution is -0.143. The van der Waals surface area contributed by atoms with E-state index in [1.807, 2.05) is 0 Å². The number of rotatable bonds is 9. The minimum absolute atomic E-state index is 0.279. The Morgan fingerprint density at radius 3 is 2.64 bits per heavy atom. The van der Waals surface area contributed by atoms with E-state index >= 15 is 0 Å². The van der Waals surface area contributed by atoms with Crippen LogP contribution < -0.4 is 5.32 Å². The van der Waals surface area contributed by atoms with E-state index in [1.54, 1.807) is 6.08 Å². The van der Waals surface area contributed by atoms with E-state index in [2.05, 4.69) is 56.4 Å². The Hall–Kier alpha value is -1.49. The molecule has 154 valence electrons. The molecule has 7 heteroatoms. The molecule has 1 rings (SSSR count). The quantitative estimate of drug-likeness (QED) is 0.317. The summed E-state index contributed by atoms with van der Waals surface area (Å²) in [6, 6.07) is 6.39. The van der Waals surface area contributed by atoms with Gasteiger partial charge in [0.1, 0.15) is 13.2 Å². The van der Waals surface area contributed by atoms with Gasteiger partial charge in [0.15, 0.2) is 0 Å². The Bertz CT molecular complexity index is 724. The minimum atomic E-state index is -1.66. The number of aryl methyl sites for hydroxylation is 2. The summed E-state index contributed by atoms with van der Waals surface area (Å²) in [5, 5.41) is 2.42. The second-order valence-electron chi connectivity index (χ2n) is 6.67. The highest BCUT2D eigenvalue weighted by atomic mass is 35.6. The molecule has 0 heterocycles. The van der Waals surface area contributed by atoms with Gasteiger partial charge in [0.25, 0.3) is 0 Å². The van der Waals surface area contributed by atoms with Crippen molar-refractivity contribution in [3.8, 4) is 0 Å². The maximum absolute atomic E-state index is 11.7. The van der Waals surface area contributed by atoms with Gasteiger partial charge in [-0.3, -0.25) is 9.59 Å². The van der Waals surface area contributed by atoms with Gasteiger partial charge in [-0.25, -0.2) is 0 Å². The van der Waals surface area contributed by atoms with Gasteiger partial charge in [-0.05, 0) is 49.8 Å². The first-order chi connectivity index (χ1) is 13.1. The molecule has 0 saturated heterocycles. The molecular formula is C21H26Cl3NO3. The SMILES string of the molecule is Cc1ccc(C)c(/C=C/[C@@H](C)CC/C=C/C(=O)NCC(=O)OCC(Cl)(Cl)Cl)c1. The fourth-order valence-corrected chi connectivity index (χ4v) is 2.45. The molecule has 28 heavy (non-hydrogen) atoms. The number of amides is 1. The largest absolute Gasteiger partial charge is 0.460 e. The van der Waals surface area contributed by atoms with Crippen LogP contribution in [-0.4, -0.2) is 28.8 Å². The van der Waals surface area contributed by atoms with Gasteiger partial charge in [0.2, 0.25) is 9.70 Å². The third-order valence-electron chi connectivity index (χ3n) is 3.90. The fraction of sp³-hybridized carbons (Fsp3) is 0.429. The highest BCUT2D eigenvalue weighted by Crippen LogP contribution is 2.25. The van der Waals surface area contributed by atoms with Crippen molar-refractivity contribution >= 4 is 52.8 Å². The predicted molar refractivity (Wildman–Crippen MR) is 117 cm³/mol. The zero-order chi connectivity index (χ0) is 21.2. The standard InChI is InChI=1S/C21H26Cl3NO3/c1-15(9-11-18-12-16(2)8-10-17(18)3)6-4-5-7-19(26)25-13-20(27)28-14-21(22,23)24/h5,7-12,15H,4,6,13-14H2,1-3H3,(H,25,26)/b7-5+,11-9+/t15-/m0/s1. The lowest BCUT2D eigenvalue weighted by Gasteiger charge is -2.11. The number of ether oxygens (including phenoxy) is 1. The Morgan fingerprint density at radius 1 is 1.25 bits per heavy atom. The summed E-state index contributed by atoms with van der Waals surface area (Å²) in [5.41, 5.74) is 3.71. The first-order valence-corrected chi connectivity index (χ1v) is 10.1. The van der Waals surface area contributed by atoms with Gasteiger partial charge < -0.3 is 10.1 Å². The molecule has 1 atom stereocenters. The molecule has 0 bridgehead atoms. The molecule has 0 unspecified atom stereocenters. The fourth-order valence-electron chi connectivity index (χ4n) is 2.28. The van der Waals surface area contributed by atoms with E-state index in [0.717, 1.165) is 12.8 Å². The highest BCUT2D eigenvalue weighted by Gasteiger charge is 2.22. The Kier molecular flexibility index (Phi) is 10.7. The van der Waals surface area contributed by atoms with Crippen molar-refractivity contribution in [3.05, 3.63) is 53.1 Å². The molecule has 0 aliphatic carbocycles. The van der Waals surface area contributed by atoms with Gasteiger partial charge in [-0.2, -0.15) is 0 Å². The lowest BCUT2D eigenvalue weighted by atomic mass is 10.0. The van der Waals surface area contributed by atoms with Crippen LogP contribution in [0.25, 0.3) is 6.08 Å². The maximum atomic E-state index is 11.7. The van der Waals surface area contributed by atoms with Crippen molar-refractivity contribution in [2.24, 2.45) is 5.92 Å². The van der Waals surface area contributed by atoms with Crippen LogP contribution in [0.5, 0.6) is 0 Å². The van der Waals surface area contributed by atoms with Crippen LogP contribution in [0.4, 0.5) is 0 Å². The van der Waals surface area contributed by atoms with E-state index in [1.165, 1.54) is 22.8 Å². The summed E-state index contributed by atoms with van der Waals surface area (Å²) >= 11 is 16.4. The third kappa shape index (κ3) is 11.4. The van der Waals surface area contributed by atoms with Crippen LogP contribution in [0.2, 0.25) is 0 Å².